The Kier molecular flexibility index (Phi) is 4.75. The number of halogens is 3. The molecular formula is C15H17BrF2N2O2. The Hall–Kier alpha value is -1.63. The van der Waals surface area contributed by atoms with Gasteiger partial charge in [-0.2, -0.15) is 0 Å². The van der Waals surface area contributed by atoms with Crippen molar-refractivity contribution >= 4 is 32.9 Å². The molecule has 1 heterocycles. The van der Waals surface area contributed by atoms with Gasteiger partial charge in [-0.1, -0.05) is 0 Å². The van der Waals surface area contributed by atoms with Crippen molar-refractivity contribution in [3.05, 3.63) is 34.4 Å². The van der Waals surface area contributed by atoms with E-state index in [1.165, 1.54) is 6.07 Å². The fourth-order valence-corrected chi connectivity index (χ4v) is 2.71. The van der Waals surface area contributed by atoms with E-state index in [1.807, 2.05) is 0 Å². The maximum atomic E-state index is 13.7. The molecule has 1 aromatic carbocycles. The van der Waals surface area contributed by atoms with Crippen LogP contribution in [0.1, 0.15) is 20.8 Å². The summed E-state index contributed by atoms with van der Waals surface area (Å²) < 4.78 is 34.4. The largest absolute Gasteiger partial charge is 0.444 e. The van der Waals surface area contributed by atoms with Gasteiger partial charge in [0.2, 0.25) is 0 Å². The van der Waals surface area contributed by atoms with Gasteiger partial charge in [0.1, 0.15) is 5.60 Å². The molecule has 0 aliphatic rings. The number of benzene rings is 1. The van der Waals surface area contributed by atoms with Gasteiger partial charge in [-0.3, -0.25) is 0 Å². The Morgan fingerprint density at radius 2 is 2.09 bits per heavy atom. The second-order valence-electron chi connectivity index (χ2n) is 5.85. The summed E-state index contributed by atoms with van der Waals surface area (Å²) >= 11 is 3.23. The number of carbonyl (C=O) groups excluding carboxylic acids is 1. The smallest absolute Gasteiger partial charge is 0.407 e. The fourth-order valence-electron chi connectivity index (χ4n) is 2.07. The Labute approximate surface area is 135 Å². The highest BCUT2D eigenvalue weighted by Crippen LogP contribution is 2.29. The minimum atomic E-state index is -0.899. The molecule has 0 bridgehead atoms. The molecule has 0 atom stereocenters. The zero-order valence-corrected chi connectivity index (χ0v) is 14.1. The van der Waals surface area contributed by atoms with Gasteiger partial charge in [0, 0.05) is 29.1 Å². The van der Waals surface area contributed by atoms with Crippen molar-refractivity contribution < 1.29 is 18.3 Å². The van der Waals surface area contributed by atoms with E-state index in [9.17, 15) is 13.6 Å². The van der Waals surface area contributed by atoms with Gasteiger partial charge in [-0.15, -0.1) is 0 Å². The van der Waals surface area contributed by atoms with Crippen LogP contribution in [0, 0.1) is 11.6 Å². The number of ether oxygens (including phenoxy) is 1. The summed E-state index contributed by atoms with van der Waals surface area (Å²) in [4.78, 5) is 11.6. The molecule has 0 saturated carbocycles. The number of aromatic nitrogens is 1. The number of hydrogen-bond acceptors (Lipinski definition) is 2. The van der Waals surface area contributed by atoms with Crippen molar-refractivity contribution in [1.29, 1.82) is 0 Å². The molecular weight excluding hydrogens is 358 g/mol. The molecule has 0 spiro atoms. The van der Waals surface area contributed by atoms with Crippen molar-refractivity contribution in [2.45, 2.75) is 32.9 Å². The lowest BCUT2D eigenvalue weighted by molar-refractivity contribution is 0.0526. The molecule has 1 amide bonds. The molecule has 0 aliphatic heterocycles. The SMILES string of the molecule is CC(C)(C)OC(=O)NCCn1ccc2c(F)c(F)cc(Br)c21. The first kappa shape index (κ1) is 16.7. The minimum Gasteiger partial charge on any atom is -0.444 e. The van der Waals surface area contributed by atoms with Gasteiger partial charge in [0.05, 0.1) is 5.52 Å². The summed E-state index contributed by atoms with van der Waals surface area (Å²) in [5.74, 6) is -1.78. The van der Waals surface area contributed by atoms with Gasteiger partial charge >= 0.3 is 6.09 Å². The monoisotopic (exact) mass is 374 g/mol. The van der Waals surface area contributed by atoms with E-state index in [0.717, 1.165) is 6.07 Å². The van der Waals surface area contributed by atoms with Crippen molar-refractivity contribution in [2.24, 2.45) is 0 Å². The van der Waals surface area contributed by atoms with Crippen molar-refractivity contribution in [3.8, 4) is 0 Å². The second-order valence-corrected chi connectivity index (χ2v) is 6.71. The maximum absolute atomic E-state index is 13.7. The molecule has 1 N–H and O–H groups in total. The van der Waals surface area contributed by atoms with E-state index in [4.69, 9.17) is 4.74 Å². The first-order chi connectivity index (χ1) is 10.2. The Morgan fingerprint density at radius 1 is 1.41 bits per heavy atom. The van der Waals surface area contributed by atoms with Gasteiger partial charge in [-0.05, 0) is 48.8 Å². The predicted octanol–water partition coefficient (Wildman–Crippen LogP) is 4.21. The Balaban J connectivity index is 2.07. The van der Waals surface area contributed by atoms with Crippen LogP contribution < -0.4 is 5.32 Å². The van der Waals surface area contributed by atoms with E-state index in [1.54, 1.807) is 31.5 Å². The Bertz CT molecular complexity index is 708. The van der Waals surface area contributed by atoms with Crippen LogP contribution in [0.15, 0.2) is 22.8 Å². The summed E-state index contributed by atoms with van der Waals surface area (Å²) in [5.41, 5.74) is -0.0154. The van der Waals surface area contributed by atoms with Crippen LogP contribution in [0.2, 0.25) is 0 Å². The highest BCUT2D eigenvalue weighted by atomic mass is 79.9. The lowest BCUT2D eigenvalue weighted by atomic mass is 10.2. The quantitative estimate of drug-likeness (QED) is 0.817. The lowest BCUT2D eigenvalue weighted by Gasteiger charge is -2.19. The third kappa shape index (κ3) is 3.76. The highest BCUT2D eigenvalue weighted by molar-refractivity contribution is 9.10. The Morgan fingerprint density at radius 3 is 2.73 bits per heavy atom. The zero-order chi connectivity index (χ0) is 16.5. The molecule has 0 fully saturated rings. The molecule has 1 aromatic heterocycles. The van der Waals surface area contributed by atoms with Crippen LogP contribution in [-0.4, -0.2) is 22.8 Å². The molecule has 7 heteroatoms. The maximum Gasteiger partial charge on any atom is 0.407 e. The van der Waals surface area contributed by atoms with Crippen molar-refractivity contribution in [3.63, 3.8) is 0 Å². The molecule has 0 saturated heterocycles. The first-order valence-corrected chi connectivity index (χ1v) is 7.57. The topological polar surface area (TPSA) is 43.3 Å². The van der Waals surface area contributed by atoms with E-state index in [-0.39, 0.29) is 5.39 Å². The molecule has 2 aromatic rings. The number of nitrogens with one attached hydrogen (secondary N) is 1. The number of hydrogen-bond donors (Lipinski definition) is 1. The van der Waals surface area contributed by atoms with E-state index < -0.39 is 23.3 Å². The number of amides is 1. The number of fused-ring (bicyclic) bond motifs is 1. The summed E-state index contributed by atoms with van der Waals surface area (Å²) in [6.07, 6.45) is 1.13. The van der Waals surface area contributed by atoms with Crippen LogP contribution in [-0.2, 0) is 11.3 Å². The summed E-state index contributed by atoms with van der Waals surface area (Å²) in [7, 11) is 0. The van der Waals surface area contributed by atoms with Gasteiger partial charge in [-0.25, -0.2) is 13.6 Å². The molecule has 120 valence electrons. The lowest BCUT2D eigenvalue weighted by Crippen LogP contribution is -2.34. The third-order valence-electron chi connectivity index (χ3n) is 2.91. The van der Waals surface area contributed by atoms with Crippen LogP contribution in [0.4, 0.5) is 13.6 Å². The van der Waals surface area contributed by atoms with E-state index >= 15 is 0 Å². The van der Waals surface area contributed by atoms with Gasteiger partial charge in [0.15, 0.2) is 11.6 Å². The average molecular weight is 375 g/mol. The van der Waals surface area contributed by atoms with Gasteiger partial charge < -0.3 is 14.6 Å². The molecule has 22 heavy (non-hydrogen) atoms. The average Bonchev–Trinajstić information content (AvgIpc) is 2.78. The number of rotatable bonds is 3. The number of nitrogens with zero attached hydrogens (tertiary/aromatic N) is 1. The molecule has 0 unspecified atom stereocenters. The number of alkyl carbamates (subject to hydrolysis) is 1. The van der Waals surface area contributed by atoms with Crippen LogP contribution in [0.3, 0.4) is 0 Å². The van der Waals surface area contributed by atoms with Crippen molar-refractivity contribution in [2.75, 3.05) is 6.54 Å². The molecule has 0 aliphatic carbocycles. The van der Waals surface area contributed by atoms with E-state index in [0.29, 0.717) is 23.1 Å². The predicted molar refractivity (Wildman–Crippen MR) is 83.8 cm³/mol. The second kappa shape index (κ2) is 6.24. The number of carbonyl (C=O) groups is 1. The molecule has 0 radical (unpaired) electrons. The van der Waals surface area contributed by atoms with Crippen LogP contribution in [0.25, 0.3) is 10.9 Å². The highest BCUT2D eigenvalue weighted by Gasteiger charge is 2.17. The first-order valence-electron chi connectivity index (χ1n) is 6.78. The third-order valence-corrected chi connectivity index (χ3v) is 3.51. The molecule has 4 nitrogen and oxygen atoms in total. The molecule has 2 rings (SSSR count). The summed E-state index contributed by atoms with van der Waals surface area (Å²) in [6.45, 7) is 6.05. The van der Waals surface area contributed by atoms with Crippen LogP contribution in [0.5, 0.6) is 0 Å². The van der Waals surface area contributed by atoms with Gasteiger partial charge in [0.25, 0.3) is 0 Å². The fraction of sp³-hybridized carbons (Fsp3) is 0.400. The summed E-state index contributed by atoms with van der Waals surface area (Å²) in [6, 6.07) is 2.60. The van der Waals surface area contributed by atoms with Crippen molar-refractivity contribution in [1.82, 2.24) is 9.88 Å². The summed E-state index contributed by atoms with van der Waals surface area (Å²) in [5, 5.41) is 2.82. The van der Waals surface area contributed by atoms with E-state index in [2.05, 4.69) is 21.2 Å². The standard InChI is InChI=1S/C15H17BrF2N2O2/c1-15(2,3)22-14(21)19-5-7-20-6-4-9-12(18)11(17)8-10(16)13(9)20/h4,6,8H,5,7H2,1-3H3,(H,19,21). The zero-order valence-electron chi connectivity index (χ0n) is 12.5. The van der Waals surface area contributed by atoms with Crippen LogP contribution >= 0.6 is 15.9 Å². The normalized spacial score (nSPS) is 11.7. The minimum absolute atomic E-state index is 0.198.